The SMILES string of the molecule is Ic1ccc(-c2nnc3c4ccccc4c4cc(-c5ccc6c(c5)C(c5ccccc5)(c5ccccc5)c5ccccc5-6)ccc4n23)cc1. The molecule has 1 aliphatic rings. The minimum atomic E-state index is -0.439. The maximum Gasteiger partial charge on any atom is 0.169 e. The monoisotopic (exact) mass is 737 g/mol. The third-order valence-corrected chi connectivity index (χ3v) is 11.0. The van der Waals surface area contributed by atoms with Crippen LogP contribution in [-0.4, -0.2) is 14.6 Å². The fourth-order valence-electron chi connectivity index (χ4n) is 8.14. The van der Waals surface area contributed by atoms with Gasteiger partial charge in [0.25, 0.3) is 0 Å². The molecule has 230 valence electrons. The largest absolute Gasteiger partial charge is 0.274 e. The first kappa shape index (κ1) is 28.4. The van der Waals surface area contributed by atoms with Crippen LogP contribution in [0.15, 0.2) is 170 Å². The third-order valence-electron chi connectivity index (χ3n) is 10.3. The molecular weight excluding hydrogens is 709 g/mol. The molecule has 0 bridgehead atoms. The number of hydrogen-bond donors (Lipinski definition) is 0. The number of pyridine rings is 1. The molecule has 10 rings (SSSR count). The minimum Gasteiger partial charge on any atom is -0.274 e. The highest BCUT2D eigenvalue weighted by Crippen LogP contribution is 2.56. The summed E-state index contributed by atoms with van der Waals surface area (Å²) in [6.07, 6.45) is 0. The molecule has 0 spiro atoms. The van der Waals surface area contributed by atoms with Gasteiger partial charge in [-0.15, -0.1) is 10.2 Å². The van der Waals surface area contributed by atoms with Crippen molar-refractivity contribution in [2.24, 2.45) is 0 Å². The fourth-order valence-corrected chi connectivity index (χ4v) is 8.50. The van der Waals surface area contributed by atoms with Crippen LogP contribution in [0.4, 0.5) is 0 Å². The Morgan fingerprint density at radius 3 is 1.80 bits per heavy atom. The average molecular weight is 738 g/mol. The molecule has 0 atom stereocenters. The van der Waals surface area contributed by atoms with E-state index in [2.05, 4.69) is 197 Å². The number of aromatic nitrogens is 3. The first-order valence-electron chi connectivity index (χ1n) is 16.5. The Kier molecular flexibility index (Phi) is 6.37. The zero-order valence-corrected chi connectivity index (χ0v) is 28.5. The molecule has 7 aromatic carbocycles. The fraction of sp³-hybridized carbons (Fsp3) is 0.0222. The quantitative estimate of drug-likeness (QED) is 0.133. The third kappa shape index (κ3) is 4.14. The Hall–Kier alpha value is -5.59. The molecule has 49 heavy (non-hydrogen) atoms. The van der Waals surface area contributed by atoms with E-state index in [0.29, 0.717) is 0 Å². The van der Waals surface area contributed by atoms with Crippen LogP contribution in [0.3, 0.4) is 0 Å². The molecule has 0 aliphatic heterocycles. The summed E-state index contributed by atoms with van der Waals surface area (Å²) in [5.41, 5.74) is 12.7. The molecule has 2 aromatic heterocycles. The normalized spacial score (nSPS) is 13.2. The van der Waals surface area contributed by atoms with Gasteiger partial charge in [-0.25, -0.2) is 0 Å². The van der Waals surface area contributed by atoms with E-state index in [1.54, 1.807) is 0 Å². The molecule has 0 radical (unpaired) electrons. The predicted molar refractivity (Wildman–Crippen MR) is 209 cm³/mol. The van der Waals surface area contributed by atoms with Gasteiger partial charge in [0.1, 0.15) is 0 Å². The Morgan fingerprint density at radius 1 is 0.449 bits per heavy atom. The van der Waals surface area contributed by atoms with E-state index >= 15 is 0 Å². The summed E-state index contributed by atoms with van der Waals surface area (Å²) in [6.45, 7) is 0. The van der Waals surface area contributed by atoms with Crippen molar-refractivity contribution in [3.63, 3.8) is 0 Å². The van der Waals surface area contributed by atoms with Crippen molar-refractivity contribution >= 4 is 49.9 Å². The standard InChI is InChI=1S/C45H28IN3/c46-34-23-19-29(20-24-34)43-47-48-44-38-17-8-7-15-35(38)39-27-30(22-26-42(39)49(43)44)31-21-25-37-36-16-9-10-18-40(36)45(41(37)28-31,32-11-3-1-4-12-32)33-13-5-2-6-14-33/h1-28H. The topological polar surface area (TPSA) is 30.2 Å². The van der Waals surface area contributed by atoms with E-state index in [9.17, 15) is 0 Å². The Labute approximate surface area is 297 Å². The number of benzene rings is 7. The minimum absolute atomic E-state index is 0.439. The van der Waals surface area contributed by atoms with Crippen LogP contribution < -0.4 is 0 Å². The van der Waals surface area contributed by atoms with E-state index < -0.39 is 5.41 Å². The molecule has 0 amide bonds. The molecule has 4 heteroatoms. The maximum absolute atomic E-state index is 4.72. The highest BCUT2D eigenvalue weighted by molar-refractivity contribution is 14.1. The van der Waals surface area contributed by atoms with E-state index in [4.69, 9.17) is 10.2 Å². The van der Waals surface area contributed by atoms with Gasteiger partial charge >= 0.3 is 0 Å². The van der Waals surface area contributed by atoms with Crippen molar-refractivity contribution < 1.29 is 0 Å². The molecule has 0 unspecified atom stereocenters. The first-order chi connectivity index (χ1) is 24.2. The molecule has 0 N–H and O–H groups in total. The van der Waals surface area contributed by atoms with Crippen LogP contribution in [0.25, 0.3) is 61.0 Å². The van der Waals surface area contributed by atoms with Crippen LogP contribution in [0.1, 0.15) is 22.3 Å². The van der Waals surface area contributed by atoms with Gasteiger partial charge in [0, 0.05) is 19.9 Å². The van der Waals surface area contributed by atoms with Crippen LogP contribution in [-0.2, 0) is 5.41 Å². The maximum atomic E-state index is 4.72. The van der Waals surface area contributed by atoms with Crippen LogP contribution in [0.5, 0.6) is 0 Å². The molecule has 2 heterocycles. The Morgan fingerprint density at radius 2 is 1.04 bits per heavy atom. The van der Waals surface area contributed by atoms with Crippen molar-refractivity contribution in [1.29, 1.82) is 0 Å². The highest BCUT2D eigenvalue weighted by Gasteiger charge is 2.46. The molecule has 0 saturated carbocycles. The van der Waals surface area contributed by atoms with Crippen LogP contribution >= 0.6 is 22.6 Å². The second-order valence-electron chi connectivity index (χ2n) is 12.8. The second kappa shape index (κ2) is 11.0. The lowest BCUT2D eigenvalue weighted by atomic mass is 9.67. The second-order valence-corrected chi connectivity index (χ2v) is 14.0. The summed E-state index contributed by atoms with van der Waals surface area (Å²) in [5, 5.41) is 12.9. The summed E-state index contributed by atoms with van der Waals surface area (Å²) in [5.74, 6) is 0.848. The summed E-state index contributed by atoms with van der Waals surface area (Å²) in [7, 11) is 0. The molecule has 3 nitrogen and oxygen atoms in total. The van der Waals surface area contributed by atoms with Gasteiger partial charge in [-0.05, 0) is 103 Å². The number of hydrogen-bond acceptors (Lipinski definition) is 2. The van der Waals surface area contributed by atoms with Gasteiger partial charge in [-0.2, -0.15) is 0 Å². The predicted octanol–water partition coefficient (Wildman–Crippen LogP) is 11.3. The van der Waals surface area contributed by atoms with Crippen molar-refractivity contribution in [3.8, 4) is 33.6 Å². The average Bonchev–Trinajstić information content (AvgIpc) is 3.74. The van der Waals surface area contributed by atoms with E-state index in [0.717, 1.165) is 27.9 Å². The van der Waals surface area contributed by atoms with Gasteiger partial charge < -0.3 is 0 Å². The summed E-state index contributed by atoms with van der Waals surface area (Å²) >= 11 is 2.34. The van der Waals surface area contributed by atoms with Crippen LogP contribution in [0, 0.1) is 3.57 Å². The number of nitrogens with zero attached hydrogens (tertiary/aromatic N) is 3. The Balaban J connectivity index is 1.24. The van der Waals surface area contributed by atoms with Gasteiger partial charge in [-0.3, -0.25) is 4.40 Å². The number of fused-ring (bicyclic) bond motifs is 9. The molecular formula is C45H28IN3. The van der Waals surface area contributed by atoms with E-state index in [-0.39, 0.29) is 0 Å². The van der Waals surface area contributed by atoms with E-state index in [1.165, 1.54) is 58.9 Å². The van der Waals surface area contributed by atoms with Crippen molar-refractivity contribution in [2.75, 3.05) is 0 Å². The summed E-state index contributed by atoms with van der Waals surface area (Å²) in [4.78, 5) is 0. The lowest BCUT2D eigenvalue weighted by Gasteiger charge is -2.34. The van der Waals surface area contributed by atoms with Crippen molar-refractivity contribution in [3.05, 3.63) is 196 Å². The molecule has 9 aromatic rings. The summed E-state index contributed by atoms with van der Waals surface area (Å²) < 4.78 is 3.41. The van der Waals surface area contributed by atoms with Crippen molar-refractivity contribution in [2.45, 2.75) is 5.41 Å². The van der Waals surface area contributed by atoms with Gasteiger partial charge in [0.15, 0.2) is 11.5 Å². The number of halogens is 1. The zero-order chi connectivity index (χ0) is 32.5. The van der Waals surface area contributed by atoms with E-state index in [1.807, 2.05) is 0 Å². The lowest BCUT2D eigenvalue weighted by Crippen LogP contribution is -2.28. The van der Waals surface area contributed by atoms with Gasteiger partial charge in [0.05, 0.1) is 10.9 Å². The smallest absolute Gasteiger partial charge is 0.169 e. The Bertz CT molecular complexity index is 2670. The number of rotatable bonds is 4. The van der Waals surface area contributed by atoms with Gasteiger partial charge in [0.2, 0.25) is 0 Å². The zero-order valence-electron chi connectivity index (χ0n) is 26.4. The highest BCUT2D eigenvalue weighted by atomic mass is 127. The van der Waals surface area contributed by atoms with Crippen LogP contribution in [0.2, 0.25) is 0 Å². The van der Waals surface area contributed by atoms with Gasteiger partial charge in [-0.1, -0.05) is 140 Å². The molecule has 0 saturated heterocycles. The molecule has 0 fully saturated rings. The summed E-state index contributed by atoms with van der Waals surface area (Å²) in [6, 6.07) is 61.9. The lowest BCUT2D eigenvalue weighted by molar-refractivity contribution is 0.769. The van der Waals surface area contributed by atoms with Crippen molar-refractivity contribution in [1.82, 2.24) is 14.6 Å². The molecule has 1 aliphatic carbocycles. The first-order valence-corrected chi connectivity index (χ1v) is 17.6.